The number of rotatable bonds is 1. The molecule has 0 bridgehead atoms. The van der Waals surface area contributed by atoms with E-state index in [9.17, 15) is 0 Å². The lowest BCUT2D eigenvalue weighted by molar-refractivity contribution is -0.447. The third kappa shape index (κ3) is 1.17. The fourth-order valence-electron chi connectivity index (χ4n) is 1.61. The lowest BCUT2D eigenvalue weighted by atomic mass is 10.1. The first kappa shape index (κ1) is 8.05. The van der Waals surface area contributed by atoms with Gasteiger partial charge in [-0.25, -0.2) is 0 Å². The molecular formula is C10H8N5+. The van der Waals surface area contributed by atoms with Gasteiger partial charge in [0.25, 0.3) is 0 Å². The SMILES string of the molecule is C=[N+]1C=C(c2cnnc3[nH]ccc23)C=N1. The lowest BCUT2D eigenvalue weighted by Crippen LogP contribution is -1.90. The summed E-state index contributed by atoms with van der Waals surface area (Å²) in [6.45, 7) is 3.70. The Morgan fingerprint density at radius 1 is 1.40 bits per heavy atom. The predicted molar refractivity (Wildman–Crippen MR) is 57.7 cm³/mol. The number of aromatic nitrogens is 3. The highest BCUT2D eigenvalue weighted by Gasteiger charge is 2.14. The van der Waals surface area contributed by atoms with Crippen LogP contribution in [0.25, 0.3) is 16.6 Å². The minimum absolute atomic E-state index is 0.782. The van der Waals surface area contributed by atoms with Crippen molar-refractivity contribution in [3.8, 4) is 0 Å². The van der Waals surface area contributed by atoms with Crippen LogP contribution in [0.15, 0.2) is 29.8 Å². The van der Waals surface area contributed by atoms with Crippen molar-refractivity contribution in [2.45, 2.75) is 0 Å². The molecule has 0 aromatic carbocycles. The standard InChI is InChI=1S/C10H8N5/c1-15-6-7(4-13-15)9-5-12-14-10-8(9)2-3-11-10/h2-6H,1H2,(H,11,14)/q+1. The van der Waals surface area contributed by atoms with Gasteiger partial charge < -0.3 is 4.98 Å². The molecule has 3 heterocycles. The molecule has 0 radical (unpaired) electrons. The molecule has 5 heteroatoms. The third-order valence-electron chi connectivity index (χ3n) is 2.30. The molecule has 0 spiro atoms. The molecule has 72 valence electrons. The van der Waals surface area contributed by atoms with Gasteiger partial charge in [0.1, 0.15) is 6.21 Å². The molecular weight excluding hydrogens is 190 g/mol. The van der Waals surface area contributed by atoms with Gasteiger partial charge in [0.2, 0.25) is 6.20 Å². The molecule has 15 heavy (non-hydrogen) atoms. The molecule has 2 aromatic rings. The van der Waals surface area contributed by atoms with Gasteiger partial charge in [-0.2, -0.15) is 5.10 Å². The van der Waals surface area contributed by atoms with Crippen LogP contribution in [0.3, 0.4) is 0 Å². The minimum atomic E-state index is 0.782. The summed E-state index contributed by atoms with van der Waals surface area (Å²) in [5, 5.41) is 13.0. The topological polar surface area (TPSA) is 56.9 Å². The Bertz CT molecular complexity index is 605. The molecule has 1 aliphatic rings. The predicted octanol–water partition coefficient (Wildman–Crippen LogP) is 1.01. The summed E-state index contributed by atoms with van der Waals surface area (Å²) in [7, 11) is 0. The molecule has 0 fully saturated rings. The van der Waals surface area contributed by atoms with Crippen LogP contribution in [0.1, 0.15) is 5.56 Å². The molecule has 0 unspecified atom stereocenters. The maximum atomic E-state index is 4.03. The number of aromatic amines is 1. The summed E-state index contributed by atoms with van der Waals surface area (Å²) in [4.78, 5) is 3.02. The second-order valence-corrected chi connectivity index (χ2v) is 3.27. The fourth-order valence-corrected chi connectivity index (χ4v) is 1.61. The smallest absolute Gasteiger partial charge is 0.211 e. The highest BCUT2D eigenvalue weighted by Crippen LogP contribution is 2.22. The highest BCUT2D eigenvalue weighted by molar-refractivity contribution is 6.14. The number of hydrazone groups is 1. The van der Waals surface area contributed by atoms with Gasteiger partial charge in [0.05, 0.1) is 11.8 Å². The van der Waals surface area contributed by atoms with Crippen LogP contribution in [-0.2, 0) is 0 Å². The van der Waals surface area contributed by atoms with Crippen LogP contribution in [0, 0.1) is 0 Å². The molecule has 0 saturated heterocycles. The number of nitrogens with one attached hydrogen (secondary N) is 1. The second-order valence-electron chi connectivity index (χ2n) is 3.27. The Kier molecular flexibility index (Phi) is 1.53. The number of nitrogens with zero attached hydrogens (tertiary/aromatic N) is 4. The van der Waals surface area contributed by atoms with Crippen molar-refractivity contribution in [1.29, 1.82) is 0 Å². The quantitative estimate of drug-likeness (QED) is 0.695. The second kappa shape index (κ2) is 2.84. The zero-order valence-electron chi connectivity index (χ0n) is 7.88. The first-order valence-electron chi connectivity index (χ1n) is 4.49. The van der Waals surface area contributed by atoms with E-state index in [4.69, 9.17) is 0 Å². The van der Waals surface area contributed by atoms with Crippen LogP contribution in [0.5, 0.6) is 0 Å². The Balaban J connectivity index is 2.27. The van der Waals surface area contributed by atoms with Gasteiger partial charge in [-0.1, -0.05) is 4.68 Å². The summed E-state index contributed by atoms with van der Waals surface area (Å²) in [5.74, 6) is 0. The van der Waals surface area contributed by atoms with Gasteiger partial charge in [-0.05, 0) is 11.2 Å². The van der Waals surface area contributed by atoms with E-state index in [1.807, 2.05) is 18.5 Å². The molecule has 0 atom stereocenters. The summed E-state index contributed by atoms with van der Waals surface area (Å²) < 4.78 is 1.52. The van der Waals surface area contributed by atoms with Crippen molar-refractivity contribution in [3.05, 3.63) is 30.2 Å². The number of hydrogen-bond donors (Lipinski definition) is 1. The summed E-state index contributed by atoms with van der Waals surface area (Å²) in [6, 6.07) is 1.97. The summed E-state index contributed by atoms with van der Waals surface area (Å²) in [6.07, 6.45) is 7.19. The Hall–Kier alpha value is -2.30. The average Bonchev–Trinajstić information content (AvgIpc) is 2.84. The van der Waals surface area contributed by atoms with Crippen molar-refractivity contribution in [1.82, 2.24) is 15.2 Å². The average molecular weight is 198 g/mol. The molecule has 5 nitrogen and oxygen atoms in total. The van der Waals surface area contributed by atoms with Crippen molar-refractivity contribution in [2.24, 2.45) is 5.10 Å². The largest absolute Gasteiger partial charge is 0.345 e. The zero-order valence-corrected chi connectivity index (χ0v) is 7.88. The Labute approximate surface area is 85.5 Å². The van der Waals surface area contributed by atoms with Gasteiger partial charge in [0.15, 0.2) is 12.4 Å². The molecule has 0 saturated carbocycles. The van der Waals surface area contributed by atoms with Crippen LogP contribution < -0.4 is 0 Å². The van der Waals surface area contributed by atoms with Crippen molar-refractivity contribution in [3.63, 3.8) is 0 Å². The van der Waals surface area contributed by atoms with Gasteiger partial charge in [-0.15, -0.1) is 5.10 Å². The number of allylic oxidation sites excluding steroid dienone is 1. The van der Waals surface area contributed by atoms with E-state index in [-0.39, 0.29) is 0 Å². The molecule has 0 amide bonds. The third-order valence-corrected chi connectivity index (χ3v) is 2.30. The van der Waals surface area contributed by atoms with Gasteiger partial charge in [0, 0.05) is 17.1 Å². The summed E-state index contributed by atoms with van der Waals surface area (Å²) >= 11 is 0. The van der Waals surface area contributed by atoms with E-state index in [1.54, 1.807) is 12.4 Å². The normalized spacial score (nSPS) is 14.9. The van der Waals surface area contributed by atoms with E-state index < -0.39 is 0 Å². The highest BCUT2D eigenvalue weighted by atomic mass is 15.4. The first-order valence-corrected chi connectivity index (χ1v) is 4.49. The van der Waals surface area contributed by atoms with Gasteiger partial charge >= 0.3 is 0 Å². The van der Waals surface area contributed by atoms with Crippen LogP contribution in [0.4, 0.5) is 0 Å². The van der Waals surface area contributed by atoms with E-state index in [0.29, 0.717) is 0 Å². The van der Waals surface area contributed by atoms with Crippen LogP contribution in [0.2, 0.25) is 0 Å². The zero-order chi connectivity index (χ0) is 10.3. The maximum absolute atomic E-state index is 4.03. The van der Waals surface area contributed by atoms with Gasteiger partial charge in [-0.3, -0.25) is 0 Å². The molecule has 1 aliphatic heterocycles. The van der Waals surface area contributed by atoms with Crippen molar-refractivity contribution >= 4 is 29.5 Å². The molecule has 0 aliphatic carbocycles. The molecule has 3 rings (SSSR count). The fraction of sp³-hybridized carbons (Fsp3) is 0. The van der Waals surface area contributed by atoms with E-state index in [1.165, 1.54) is 4.68 Å². The van der Waals surface area contributed by atoms with Crippen LogP contribution >= 0.6 is 0 Å². The van der Waals surface area contributed by atoms with E-state index >= 15 is 0 Å². The number of H-pyrrole nitrogens is 1. The first-order chi connectivity index (χ1) is 7.34. The van der Waals surface area contributed by atoms with Crippen molar-refractivity contribution < 1.29 is 4.68 Å². The molecule has 2 aromatic heterocycles. The van der Waals surface area contributed by atoms with Crippen LogP contribution in [-0.4, -0.2) is 32.8 Å². The molecule has 1 N–H and O–H groups in total. The maximum Gasteiger partial charge on any atom is 0.211 e. The number of fused-ring (bicyclic) bond motifs is 1. The van der Waals surface area contributed by atoms with E-state index in [2.05, 4.69) is 27.0 Å². The number of hydrogen-bond acceptors (Lipinski definition) is 3. The van der Waals surface area contributed by atoms with Crippen molar-refractivity contribution in [2.75, 3.05) is 0 Å². The Morgan fingerprint density at radius 2 is 2.33 bits per heavy atom. The lowest BCUT2D eigenvalue weighted by Gasteiger charge is -1.96. The Morgan fingerprint density at radius 3 is 3.13 bits per heavy atom. The minimum Gasteiger partial charge on any atom is -0.345 e. The summed E-state index contributed by atoms with van der Waals surface area (Å²) in [5.41, 5.74) is 2.78. The van der Waals surface area contributed by atoms with E-state index in [0.717, 1.165) is 22.2 Å². The monoisotopic (exact) mass is 198 g/mol.